The van der Waals surface area contributed by atoms with Crippen LogP contribution in [0.3, 0.4) is 0 Å². The minimum absolute atomic E-state index is 0.169. The van der Waals surface area contributed by atoms with Crippen LogP contribution < -0.4 is 5.44 Å². The number of hydrogen-bond acceptors (Lipinski definition) is 3. The second-order valence-corrected chi connectivity index (χ2v) is 2.61. The molecule has 0 saturated heterocycles. The first kappa shape index (κ1) is 6.23. The van der Waals surface area contributed by atoms with Crippen molar-refractivity contribution < 1.29 is 9.13 Å². The molecule has 0 aromatic carbocycles. The third-order valence-electron chi connectivity index (χ3n) is 0.886. The molecule has 0 unspecified atom stereocenters. The first-order chi connectivity index (χ1) is 4.20. The largest absolute Gasteiger partial charge is 0.367 e. The molecule has 4 nitrogen and oxygen atoms in total. The van der Waals surface area contributed by atoms with Gasteiger partial charge in [-0.25, -0.2) is 14.1 Å². The molecule has 0 atom stereocenters. The van der Waals surface area contributed by atoms with Gasteiger partial charge in [-0.3, -0.25) is 0 Å². The maximum atomic E-state index is 10.2. The second-order valence-electron chi connectivity index (χ2n) is 1.61. The normalized spacial score (nSPS) is 9.44. The Morgan fingerprint density at radius 2 is 2.33 bits per heavy atom. The van der Waals surface area contributed by atoms with Crippen molar-refractivity contribution in [2.45, 2.75) is 6.92 Å². The van der Waals surface area contributed by atoms with Crippen molar-refractivity contribution in [1.29, 1.82) is 0 Å². The van der Waals surface area contributed by atoms with E-state index in [-0.39, 0.29) is 5.44 Å². The maximum absolute atomic E-state index is 10.2. The van der Waals surface area contributed by atoms with Gasteiger partial charge in [-0.05, 0) is 6.92 Å². The molecule has 0 aliphatic heterocycles. The smallest absolute Gasteiger partial charge is 0.334 e. The van der Waals surface area contributed by atoms with E-state index in [1.165, 1.54) is 6.20 Å². The minimum Gasteiger partial charge on any atom is -0.334 e. The fourth-order valence-corrected chi connectivity index (χ4v) is 0.906. The Balaban J connectivity index is 3.12. The fourth-order valence-electron chi connectivity index (χ4n) is 0.501. The summed E-state index contributed by atoms with van der Waals surface area (Å²) in [5.74, 6) is 0.615. The maximum Gasteiger partial charge on any atom is 0.367 e. The van der Waals surface area contributed by atoms with Gasteiger partial charge in [-0.15, -0.1) is 0 Å². The van der Waals surface area contributed by atoms with Gasteiger partial charge in [0.25, 0.3) is 0 Å². The van der Waals surface area contributed by atoms with Gasteiger partial charge in [0, 0.05) is 0 Å². The van der Waals surface area contributed by atoms with Crippen molar-refractivity contribution in [3.63, 3.8) is 0 Å². The van der Waals surface area contributed by atoms with Crippen molar-refractivity contribution in [2.24, 2.45) is 0 Å². The lowest BCUT2D eigenvalue weighted by atomic mass is 10.8. The van der Waals surface area contributed by atoms with Gasteiger partial charge in [0.15, 0.2) is 5.44 Å². The number of imidazole rings is 1. The third kappa shape index (κ3) is 1.27. The quantitative estimate of drug-likeness (QED) is 0.584. The highest BCUT2D eigenvalue weighted by molar-refractivity contribution is 7.40. The van der Waals surface area contributed by atoms with E-state index in [0.29, 0.717) is 5.82 Å². The lowest BCUT2D eigenvalue weighted by molar-refractivity contribution is 0.522. The van der Waals surface area contributed by atoms with Gasteiger partial charge in [0.2, 0.25) is 0 Å². The lowest BCUT2D eigenvalue weighted by Gasteiger charge is -1.73. The van der Waals surface area contributed by atoms with Gasteiger partial charge < -0.3 is 4.98 Å². The van der Waals surface area contributed by atoms with Crippen LogP contribution in [0, 0.1) is 6.92 Å². The molecule has 0 aliphatic carbocycles. The summed E-state index contributed by atoms with van der Waals surface area (Å²) in [6.07, 6.45) is 1.29. The van der Waals surface area contributed by atoms with E-state index < -0.39 is 7.68 Å². The van der Waals surface area contributed by atoms with Crippen molar-refractivity contribution in [1.82, 2.24) is 9.97 Å². The van der Waals surface area contributed by atoms with E-state index in [0.717, 1.165) is 0 Å². The number of aryl methyl sites for hydroxylation is 1. The fraction of sp³-hybridized carbons (Fsp3) is 0.250. The Morgan fingerprint density at radius 3 is 2.56 bits per heavy atom. The van der Waals surface area contributed by atoms with Gasteiger partial charge >= 0.3 is 7.68 Å². The van der Waals surface area contributed by atoms with Crippen LogP contribution in [0.25, 0.3) is 0 Å². The number of hydrogen-bond donors (Lipinski definition) is 1. The van der Waals surface area contributed by atoms with Crippen LogP contribution in [0.1, 0.15) is 5.82 Å². The average molecular weight is 144 g/mol. The molecule has 0 spiro atoms. The van der Waals surface area contributed by atoms with Gasteiger partial charge in [-0.2, -0.15) is 0 Å². The number of aromatic amines is 1. The Labute approximate surface area is 52.1 Å². The molecule has 0 bridgehead atoms. The molecular weight excluding hydrogens is 139 g/mol. The van der Waals surface area contributed by atoms with Crippen molar-refractivity contribution >= 4 is 13.1 Å². The minimum atomic E-state index is -2.49. The van der Waals surface area contributed by atoms with Crippen LogP contribution in [-0.4, -0.2) is 9.97 Å². The Kier molecular flexibility index (Phi) is 1.49. The SMILES string of the molecule is Cc1ncc(P(=O)=O)[nH]1. The van der Waals surface area contributed by atoms with Crippen LogP contribution in [-0.2, 0) is 9.13 Å². The van der Waals surface area contributed by atoms with E-state index >= 15 is 0 Å². The summed E-state index contributed by atoms with van der Waals surface area (Å²) < 4.78 is 20.4. The number of H-pyrrole nitrogens is 1. The Hall–Kier alpha value is -0.890. The zero-order valence-electron chi connectivity index (χ0n) is 4.79. The molecular formula is C4H5N2O2P. The van der Waals surface area contributed by atoms with Gasteiger partial charge in [0.1, 0.15) is 5.82 Å². The van der Waals surface area contributed by atoms with Crippen LogP contribution in [0.5, 0.6) is 0 Å². The van der Waals surface area contributed by atoms with Gasteiger partial charge in [0.05, 0.1) is 6.20 Å². The highest BCUT2D eigenvalue weighted by Gasteiger charge is 1.99. The summed E-state index contributed by atoms with van der Waals surface area (Å²) in [5, 5.41) is 0. The lowest BCUT2D eigenvalue weighted by Crippen LogP contribution is -1.90. The number of nitrogens with one attached hydrogen (secondary N) is 1. The molecule has 0 fully saturated rings. The molecule has 1 aromatic heterocycles. The topological polar surface area (TPSA) is 62.8 Å². The highest BCUT2D eigenvalue weighted by atomic mass is 31.1. The molecule has 1 heterocycles. The van der Waals surface area contributed by atoms with Crippen molar-refractivity contribution in [2.75, 3.05) is 0 Å². The summed E-state index contributed by atoms with van der Waals surface area (Å²) >= 11 is 0. The molecule has 0 saturated carbocycles. The predicted octanol–water partition coefficient (Wildman–Crippen LogP) is 0.516. The standard InChI is InChI=1S/C4H5N2O2P/c1-3-5-2-4(6-3)9(7)8/h2H,1H3,(H,5,6). The molecule has 5 heteroatoms. The number of nitrogens with zero attached hydrogens (tertiary/aromatic N) is 1. The summed E-state index contributed by atoms with van der Waals surface area (Å²) in [5.41, 5.74) is 0.169. The summed E-state index contributed by atoms with van der Waals surface area (Å²) in [6.45, 7) is 1.70. The second kappa shape index (κ2) is 2.15. The van der Waals surface area contributed by atoms with Crippen LogP contribution >= 0.6 is 7.68 Å². The summed E-state index contributed by atoms with van der Waals surface area (Å²) in [7, 11) is -2.49. The monoisotopic (exact) mass is 144 g/mol. The molecule has 1 rings (SSSR count). The number of aromatic nitrogens is 2. The molecule has 1 aromatic rings. The highest BCUT2D eigenvalue weighted by Crippen LogP contribution is 1.99. The van der Waals surface area contributed by atoms with E-state index in [1.807, 2.05) is 0 Å². The van der Waals surface area contributed by atoms with E-state index in [9.17, 15) is 9.13 Å². The molecule has 9 heavy (non-hydrogen) atoms. The molecule has 0 amide bonds. The summed E-state index contributed by atoms with van der Waals surface area (Å²) in [4.78, 5) is 6.27. The van der Waals surface area contributed by atoms with E-state index in [4.69, 9.17) is 0 Å². The van der Waals surface area contributed by atoms with E-state index in [1.54, 1.807) is 6.92 Å². The van der Waals surface area contributed by atoms with Crippen LogP contribution in [0.2, 0.25) is 0 Å². The van der Waals surface area contributed by atoms with E-state index in [2.05, 4.69) is 9.97 Å². The van der Waals surface area contributed by atoms with Crippen LogP contribution in [0.15, 0.2) is 6.20 Å². The third-order valence-corrected chi connectivity index (χ3v) is 1.51. The first-order valence-corrected chi connectivity index (χ1v) is 3.54. The summed E-state index contributed by atoms with van der Waals surface area (Å²) in [6, 6.07) is 0. The zero-order valence-corrected chi connectivity index (χ0v) is 5.68. The van der Waals surface area contributed by atoms with Crippen LogP contribution in [0.4, 0.5) is 0 Å². The predicted molar refractivity (Wildman–Crippen MR) is 31.3 cm³/mol. The van der Waals surface area contributed by atoms with Crippen molar-refractivity contribution in [3.05, 3.63) is 12.0 Å². The Bertz CT molecular complexity index is 268. The molecule has 0 aliphatic rings. The first-order valence-electron chi connectivity index (χ1n) is 2.36. The molecule has 1 N–H and O–H groups in total. The molecule has 0 radical (unpaired) electrons. The van der Waals surface area contributed by atoms with Crippen molar-refractivity contribution in [3.8, 4) is 0 Å². The average Bonchev–Trinajstić information content (AvgIpc) is 2.14. The zero-order chi connectivity index (χ0) is 6.85. The molecule has 48 valence electrons. The Morgan fingerprint density at radius 1 is 1.67 bits per heavy atom. The number of rotatable bonds is 1. The van der Waals surface area contributed by atoms with Gasteiger partial charge in [-0.1, -0.05) is 0 Å².